The predicted octanol–water partition coefficient (Wildman–Crippen LogP) is 3.56. The summed E-state index contributed by atoms with van der Waals surface area (Å²) in [7, 11) is 2.11. The number of hydrogen-bond donors (Lipinski definition) is 1. The first kappa shape index (κ1) is 13.2. The van der Waals surface area contributed by atoms with Crippen molar-refractivity contribution >= 4 is 10.9 Å². The Balaban J connectivity index is 2.04. The van der Waals surface area contributed by atoms with Crippen LogP contribution in [0.15, 0.2) is 30.5 Å². The largest absolute Gasteiger partial charge is 0.350 e. The van der Waals surface area contributed by atoms with Gasteiger partial charge in [0.25, 0.3) is 0 Å². The van der Waals surface area contributed by atoms with Crippen LogP contribution in [0, 0.1) is 11.8 Å². The summed E-state index contributed by atoms with van der Waals surface area (Å²) >= 11 is 0. The monoisotopic (exact) mass is 244 g/mol. The average molecular weight is 244 g/mol. The highest BCUT2D eigenvalue weighted by atomic mass is 14.9. The van der Waals surface area contributed by atoms with Crippen LogP contribution in [-0.2, 0) is 13.6 Å². The van der Waals surface area contributed by atoms with Gasteiger partial charge in [-0.1, -0.05) is 39.0 Å². The van der Waals surface area contributed by atoms with Gasteiger partial charge in [0.1, 0.15) is 0 Å². The quantitative estimate of drug-likeness (QED) is 0.851. The second kappa shape index (κ2) is 5.57. The Morgan fingerprint density at radius 1 is 1.17 bits per heavy atom. The molecule has 2 nitrogen and oxygen atoms in total. The number of nitrogens with one attached hydrogen (secondary N) is 1. The van der Waals surface area contributed by atoms with Crippen molar-refractivity contribution in [1.29, 1.82) is 0 Å². The third kappa shape index (κ3) is 2.75. The maximum atomic E-state index is 3.57. The fourth-order valence-electron chi connectivity index (χ4n) is 2.24. The lowest BCUT2D eigenvalue weighted by molar-refractivity contribution is 0.393. The third-order valence-electron chi connectivity index (χ3n) is 3.90. The van der Waals surface area contributed by atoms with E-state index < -0.39 is 0 Å². The van der Waals surface area contributed by atoms with Gasteiger partial charge in [-0.25, -0.2) is 0 Å². The number of nitrogens with zero attached hydrogens (tertiary/aromatic N) is 1. The minimum absolute atomic E-state index is 0.722. The highest BCUT2D eigenvalue weighted by Crippen LogP contribution is 2.20. The molecule has 0 bridgehead atoms. The molecule has 0 spiro atoms. The normalized spacial score (nSPS) is 13.4. The van der Waals surface area contributed by atoms with Gasteiger partial charge in [-0.15, -0.1) is 0 Å². The Morgan fingerprint density at radius 2 is 1.89 bits per heavy atom. The van der Waals surface area contributed by atoms with Gasteiger partial charge in [0.05, 0.1) is 0 Å². The van der Waals surface area contributed by atoms with Crippen molar-refractivity contribution in [2.75, 3.05) is 6.54 Å². The molecule has 1 aromatic carbocycles. The summed E-state index contributed by atoms with van der Waals surface area (Å²) in [6, 6.07) is 8.59. The predicted molar refractivity (Wildman–Crippen MR) is 78.6 cm³/mol. The molecule has 1 heterocycles. The molecular weight excluding hydrogens is 220 g/mol. The van der Waals surface area contributed by atoms with Gasteiger partial charge in [-0.3, -0.25) is 0 Å². The molecule has 0 radical (unpaired) electrons. The van der Waals surface area contributed by atoms with Crippen LogP contribution in [0.4, 0.5) is 0 Å². The van der Waals surface area contributed by atoms with E-state index in [0.29, 0.717) is 0 Å². The summed E-state index contributed by atoms with van der Waals surface area (Å²) in [5, 5.41) is 4.94. The number of hydrogen-bond acceptors (Lipinski definition) is 1. The molecule has 2 aromatic rings. The van der Waals surface area contributed by atoms with Crippen molar-refractivity contribution in [3.63, 3.8) is 0 Å². The lowest BCUT2D eigenvalue weighted by Gasteiger charge is -2.15. The van der Waals surface area contributed by atoms with Gasteiger partial charge in [0, 0.05) is 30.7 Å². The number of para-hydroxylation sites is 1. The van der Waals surface area contributed by atoms with Crippen LogP contribution in [0.3, 0.4) is 0 Å². The standard InChI is InChI=1S/C16H24N2/c1-12(2)13(3)9-17-10-14-11-18(4)16-8-6-5-7-15(14)16/h5-8,11-13,17H,9-10H2,1-4H3. The van der Waals surface area contributed by atoms with E-state index >= 15 is 0 Å². The van der Waals surface area contributed by atoms with Crippen molar-refractivity contribution in [2.24, 2.45) is 18.9 Å². The van der Waals surface area contributed by atoms with E-state index in [9.17, 15) is 0 Å². The van der Waals surface area contributed by atoms with Gasteiger partial charge in [-0.05, 0) is 30.0 Å². The van der Waals surface area contributed by atoms with Gasteiger partial charge in [0.2, 0.25) is 0 Å². The van der Waals surface area contributed by atoms with E-state index in [2.05, 4.69) is 68.2 Å². The first-order valence-corrected chi connectivity index (χ1v) is 6.83. The maximum absolute atomic E-state index is 3.57. The summed E-state index contributed by atoms with van der Waals surface area (Å²) in [5.74, 6) is 1.46. The molecule has 0 saturated heterocycles. The average Bonchev–Trinajstić information content (AvgIpc) is 2.67. The Bertz CT molecular complexity index is 511. The second-order valence-corrected chi connectivity index (χ2v) is 5.63. The number of aryl methyl sites for hydroxylation is 1. The molecule has 2 heteroatoms. The zero-order valence-corrected chi connectivity index (χ0v) is 11.9. The fourth-order valence-corrected chi connectivity index (χ4v) is 2.24. The van der Waals surface area contributed by atoms with Gasteiger partial charge >= 0.3 is 0 Å². The van der Waals surface area contributed by atoms with Crippen LogP contribution in [-0.4, -0.2) is 11.1 Å². The zero-order chi connectivity index (χ0) is 13.1. The molecule has 0 aliphatic rings. The molecule has 98 valence electrons. The van der Waals surface area contributed by atoms with Crippen LogP contribution < -0.4 is 5.32 Å². The molecular formula is C16H24N2. The van der Waals surface area contributed by atoms with Gasteiger partial charge in [0.15, 0.2) is 0 Å². The Hall–Kier alpha value is -1.28. The van der Waals surface area contributed by atoms with Crippen molar-refractivity contribution in [3.8, 4) is 0 Å². The van der Waals surface area contributed by atoms with Crippen molar-refractivity contribution in [1.82, 2.24) is 9.88 Å². The lowest BCUT2D eigenvalue weighted by Crippen LogP contribution is -2.23. The molecule has 0 saturated carbocycles. The van der Waals surface area contributed by atoms with Gasteiger partial charge in [-0.2, -0.15) is 0 Å². The number of rotatable bonds is 5. The van der Waals surface area contributed by atoms with Crippen LogP contribution in [0.1, 0.15) is 26.3 Å². The topological polar surface area (TPSA) is 17.0 Å². The Kier molecular flexibility index (Phi) is 4.07. The van der Waals surface area contributed by atoms with Crippen LogP contribution in [0.5, 0.6) is 0 Å². The molecule has 0 fully saturated rings. The van der Waals surface area contributed by atoms with Crippen molar-refractivity contribution in [2.45, 2.75) is 27.3 Å². The van der Waals surface area contributed by atoms with E-state index in [0.717, 1.165) is 24.9 Å². The van der Waals surface area contributed by atoms with E-state index in [1.165, 1.54) is 16.5 Å². The number of benzene rings is 1. The molecule has 1 atom stereocenters. The first-order chi connectivity index (χ1) is 8.59. The number of aromatic nitrogens is 1. The fraction of sp³-hybridized carbons (Fsp3) is 0.500. The Morgan fingerprint density at radius 3 is 2.61 bits per heavy atom. The lowest BCUT2D eigenvalue weighted by atomic mass is 9.98. The SMILES string of the molecule is CC(C)C(C)CNCc1cn(C)c2ccccc12. The molecule has 0 aliphatic heterocycles. The maximum Gasteiger partial charge on any atom is 0.0481 e. The summed E-state index contributed by atoms with van der Waals surface area (Å²) in [6.07, 6.45) is 2.23. The van der Waals surface area contributed by atoms with Crippen LogP contribution in [0.2, 0.25) is 0 Å². The smallest absolute Gasteiger partial charge is 0.0481 e. The van der Waals surface area contributed by atoms with E-state index in [-0.39, 0.29) is 0 Å². The van der Waals surface area contributed by atoms with Crippen molar-refractivity contribution in [3.05, 3.63) is 36.0 Å². The highest BCUT2D eigenvalue weighted by molar-refractivity contribution is 5.83. The molecule has 1 N–H and O–H groups in total. The van der Waals surface area contributed by atoms with E-state index in [1.807, 2.05) is 0 Å². The molecule has 0 amide bonds. The van der Waals surface area contributed by atoms with E-state index in [4.69, 9.17) is 0 Å². The summed E-state index contributed by atoms with van der Waals surface area (Å²) in [5.41, 5.74) is 2.70. The highest BCUT2D eigenvalue weighted by Gasteiger charge is 2.08. The summed E-state index contributed by atoms with van der Waals surface area (Å²) in [4.78, 5) is 0. The summed E-state index contributed by atoms with van der Waals surface area (Å²) < 4.78 is 2.21. The molecule has 1 aromatic heterocycles. The minimum Gasteiger partial charge on any atom is -0.350 e. The third-order valence-corrected chi connectivity index (χ3v) is 3.90. The zero-order valence-electron chi connectivity index (χ0n) is 11.9. The Labute approximate surface area is 110 Å². The minimum atomic E-state index is 0.722. The van der Waals surface area contributed by atoms with Crippen LogP contribution >= 0.6 is 0 Å². The molecule has 2 rings (SSSR count). The first-order valence-electron chi connectivity index (χ1n) is 6.83. The molecule has 18 heavy (non-hydrogen) atoms. The number of fused-ring (bicyclic) bond motifs is 1. The summed E-state index contributed by atoms with van der Waals surface area (Å²) in [6.45, 7) is 8.91. The molecule has 0 aliphatic carbocycles. The second-order valence-electron chi connectivity index (χ2n) is 5.63. The van der Waals surface area contributed by atoms with Crippen LogP contribution in [0.25, 0.3) is 10.9 Å². The molecule has 1 unspecified atom stereocenters. The van der Waals surface area contributed by atoms with Gasteiger partial charge < -0.3 is 9.88 Å². The van der Waals surface area contributed by atoms with Crippen molar-refractivity contribution < 1.29 is 0 Å². The van der Waals surface area contributed by atoms with E-state index in [1.54, 1.807) is 0 Å².